The van der Waals surface area contributed by atoms with E-state index in [0.717, 1.165) is 51.4 Å². The number of nitrogens with zero attached hydrogens (tertiary/aromatic N) is 4. The van der Waals surface area contributed by atoms with Gasteiger partial charge in [0.25, 0.3) is 5.91 Å². The zero-order valence-electron chi connectivity index (χ0n) is 21.5. The van der Waals surface area contributed by atoms with Crippen LogP contribution in [0, 0.1) is 5.82 Å². The van der Waals surface area contributed by atoms with E-state index in [0.29, 0.717) is 28.8 Å². The van der Waals surface area contributed by atoms with Gasteiger partial charge in [0.15, 0.2) is 0 Å². The van der Waals surface area contributed by atoms with E-state index in [-0.39, 0.29) is 17.8 Å². The van der Waals surface area contributed by atoms with E-state index in [2.05, 4.69) is 51.4 Å². The summed E-state index contributed by atoms with van der Waals surface area (Å²) >= 11 is 0. The van der Waals surface area contributed by atoms with Crippen LogP contribution >= 0.6 is 0 Å². The number of halogens is 1. The minimum atomic E-state index is -0.367. The van der Waals surface area contributed by atoms with Crippen LogP contribution in [0.2, 0.25) is 0 Å². The Morgan fingerprint density at radius 3 is 2.54 bits per heavy atom. The van der Waals surface area contributed by atoms with Crippen LogP contribution in [0.25, 0.3) is 11.1 Å². The van der Waals surface area contributed by atoms with E-state index < -0.39 is 0 Å². The van der Waals surface area contributed by atoms with Crippen molar-refractivity contribution in [3.8, 4) is 11.1 Å². The summed E-state index contributed by atoms with van der Waals surface area (Å²) in [5.74, 6) is 0.436. The maximum atomic E-state index is 14.4. The number of amides is 1. The van der Waals surface area contributed by atoms with Gasteiger partial charge in [0.2, 0.25) is 0 Å². The van der Waals surface area contributed by atoms with Crippen molar-refractivity contribution in [3.63, 3.8) is 0 Å². The molecular formula is C29H35FN6O. The second kappa shape index (κ2) is 11.4. The predicted molar refractivity (Wildman–Crippen MR) is 144 cm³/mol. The largest absolute Gasteiger partial charge is 0.356 e. The maximum Gasteiger partial charge on any atom is 0.251 e. The van der Waals surface area contributed by atoms with Gasteiger partial charge in [-0.25, -0.2) is 9.37 Å². The number of aromatic nitrogens is 2. The summed E-state index contributed by atoms with van der Waals surface area (Å²) in [6, 6.07) is 13.4. The summed E-state index contributed by atoms with van der Waals surface area (Å²) in [5.41, 5.74) is 2.72. The Hall–Kier alpha value is -3.36. The maximum absolute atomic E-state index is 14.4. The molecule has 5 rings (SSSR count). The highest BCUT2D eigenvalue weighted by Crippen LogP contribution is 2.24. The summed E-state index contributed by atoms with van der Waals surface area (Å²) in [4.78, 5) is 26.5. The molecular weight excluding hydrogens is 467 g/mol. The van der Waals surface area contributed by atoms with Crippen molar-refractivity contribution in [2.75, 3.05) is 31.1 Å². The average molecular weight is 503 g/mol. The smallest absolute Gasteiger partial charge is 0.251 e. The van der Waals surface area contributed by atoms with Crippen LogP contribution in [-0.2, 0) is 6.54 Å². The van der Waals surface area contributed by atoms with Crippen molar-refractivity contribution in [1.82, 2.24) is 25.5 Å². The molecule has 0 spiro atoms. The zero-order valence-corrected chi connectivity index (χ0v) is 21.5. The summed E-state index contributed by atoms with van der Waals surface area (Å²) in [6.45, 7) is 9.14. The van der Waals surface area contributed by atoms with E-state index in [9.17, 15) is 9.18 Å². The minimum Gasteiger partial charge on any atom is -0.356 e. The summed E-state index contributed by atoms with van der Waals surface area (Å²) in [5, 5.41) is 6.71. The number of carbonyl (C=O) groups excluding carboxylic acids is 1. The van der Waals surface area contributed by atoms with Crippen molar-refractivity contribution in [1.29, 1.82) is 0 Å². The normalized spacial score (nSPS) is 21.1. The highest BCUT2D eigenvalue weighted by molar-refractivity contribution is 5.95. The molecule has 2 saturated heterocycles. The van der Waals surface area contributed by atoms with E-state index in [1.807, 2.05) is 6.20 Å². The Balaban J connectivity index is 1.13. The molecule has 37 heavy (non-hydrogen) atoms. The molecule has 0 saturated carbocycles. The fraction of sp³-hybridized carbons (Fsp3) is 0.414. The lowest BCUT2D eigenvalue weighted by atomic mass is 10.0. The van der Waals surface area contributed by atoms with Crippen LogP contribution in [-0.4, -0.2) is 65.1 Å². The molecule has 0 bridgehead atoms. The van der Waals surface area contributed by atoms with Gasteiger partial charge in [0.05, 0.1) is 0 Å². The third-order valence-corrected chi connectivity index (χ3v) is 7.20. The molecule has 8 heteroatoms. The molecule has 2 atom stereocenters. The van der Waals surface area contributed by atoms with Gasteiger partial charge < -0.3 is 15.5 Å². The molecule has 3 aromatic rings. The first-order chi connectivity index (χ1) is 17.9. The molecule has 2 aromatic heterocycles. The zero-order chi connectivity index (χ0) is 25.8. The fourth-order valence-electron chi connectivity index (χ4n) is 5.46. The highest BCUT2D eigenvalue weighted by Gasteiger charge is 2.24. The molecule has 2 aliphatic heterocycles. The lowest BCUT2D eigenvalue weighted by molar-refractivity contribution is 0.0931. The number of anilines is 1. The number of hydrogen-bond acceptors (Lipinski definition) is 6. The Morgan fingerprint density at radius 1 is 1.08 bits per heavy atom. The van der Waals surface area contributed by atoms with E-state index >= 15 is 0 Å². The Labute approximate surface area is 218 Å². The quantitative estimate of drug-likeness (QED) is 0.533. The van der Waals surface area contributed by atoms with E-state index in [1.165, 1.54) is 17.7 Å². The summed E-state index contributed by atoms with van der Waals surface area (Å²) in [7, 11) is 0. The number of benzene rings is 1. The van der Waals surface area contributed by atoms with Crippen LogP contribution in [0.15, 0.2) is 61.1 Å². The topological polar surface area (TPSA) is 73.4 Å². The average Bonchev–Trinajstić information content (AvgIpc) is 2.90. The van der Waals surface area contributed by atoms with Crippen molar-refractivity contribution >= 4 is 11.7 Å². The van der Waals surface area contributed by atoms with Crippen LogP contribution in [0.4, 0.5) is 10.2 Å². The number of piperidine rings is 1. The molecule has 1 amide bonds. The van der Waals surface area contributed by atoms with Gasteiger partial charge in [-0.1, -0.05) is 12.1 Å². The SMILES string of the molecule is CC1CN(Cc2ccc(N3CCC(NC(=O)c4ccc(F)c(-c5cccnc5)c4)CC3)nc2)CC(C)N1. The molecule has 2 fully saturated rings. The molecule has 1 aromatic carbocycles. The molecule has 2 N–H and O–H groups in total. The Bertz CT molecular complexity index is 1190. The van der Waals surface area contributed by atoms with Crippen molar-refractivity contribution in [3.05, 3.63) is 78.0 Å². The predicted octanol–water partition coefficient (Wildman–Crippen LogP) is 3.86. The van der Waals surface area contributed by atoms with Crippen molar-refractivity contribution in [2.24, 2.45) is 0 Å². The first-order valence-electron chi connectivity index (χ1n) is 13.1. The van der Waals surface area contributed by atoms with Gasteiger partial charge in [0, 0.05) is 86.1 Å². The second-order valence-electron chi connectivity index (χ2n) is 10.4. The number of nitrogens with one attached hydrogen (secondary N) is 2. The number of piperazine rings is 1. The lowest BCUT2D eigenvalue weighted by Crippen LogP contribution is -2.53. The van der Waals surface area contributed by atoms with E-state index in [4.69, 9.17) is 4.98 Å². The lowest BCUT2D eigenvalue weighted by Gasteiger charge is -2.36. The molecule has 194 valence electrons. The van der Waals surface area contributed by atoms with Gasteiger partial charge in [0.1, 0.15) is 11.6 Å². The highest BCUT2D eigenvalue weighted by atomic mass is 19.1. The van der Waals surface area contributed by atoms with Crippen LogP contribution in [0.3, 0.4) is 0 Å². The minimum absolute atomic E-state index is 0.0756. The number of hydrogen-bond donors (Lipinski definition) is 2. The van der Waals surface area contributed by atoms with Gasteiger partial charge in [-0.15, -0.1) is 0 Å². The molecule has 7 nitrogen and oxygen atoms in total. The Kier molecular flexibility index (Phi) is 7.76. The van der Waals surface area contributed by atoms with Crippen molar-refractivity contribution in [2.45, 2.75) is 51.4 Å². The molecule has 2 unspecified atom stereocenters. The third-order valence-electron chi connectivity index (χ3n) is 7.20. The number of carbonyl (C=O) groups is 1. The fourth-order valence-corrected chi connectivity index (χ4v) is 5.46. The number of rotatable bonds is 6. The summed E-state index contributed by atoms with van der Waals surface area (Å²) < 4.78 is 14.4. The number of pyridine rings is 2. The molecule has 2 aliphatic rings. The van der Waals surface area contributed by atoms with Crippen LogP contribution in [0.5, 0.6) is 0 Å². The van der Waals surface area contributed by atoms with E-state index in [1.54, 1.807) is 30.6 Å². The van der Waals surface area contributed by atoms with Crippen LogP contribution in [0.1, 0.15) is 42.6 Å². The standard InChI is InChI=1S/C29H35FN6O/c1-20-17-35(18-21(2)33-20)19-22-5-8-28(32-15-22)36-12-9-25(10-13-36)34-29(37)23-6-7-27(30)26(14-23)24-4-3-11-31-16-24/h3-8,11,14-16,20-21,25,33H,9-10,12-13,17-19H2,1-2H3,(H,34,37). The van der Waals surface area contributed by atoms with Crippen molar-refractivity contribution < 1.29 is 9.18 Å². The van der Waals surface area contributed by atoms with Gasteiger partial charge in [-0.2, -0.15) is 0 Å². The first-order valence-corrected chi connectivity index (χ1v) is 13.1. The Morgan fingerprint density at radius 2 is 1.86 bits per heavy atom. The second-order valence-corrected chi connectivity index (χ2v) is 10.4. The molecule has 4 heterocycles. The third kappa shape index (κ3) is 6.32. The monoisotopic (exact) mass is 502 g/mol. The van der Waals surface area contributed by atoms with Gasteiger partial charge in [-0.3, -0.25) is 14.7 Å². The van der Waals surface area contributed by atoms with Gasteiger partial charge >= 0.3 is 0 Å². The van der Waals surface area contributed by atoms with Crippen LogP contribution < -0.4 is 15.5 Å². The first kappa shape index (κ1) is 25.3. The van der Waals surface area contributed by atoms with Gasteiger partial charge in [-0.05, 0) is 62.6 Å². The molecule has 0 radical (unpaired) electrons. The summed E-state index contributed by atoms with van der Waals surface area (Å²) in [6.07, 6.45) is 6.91. The molecule has 0 aliphatic carbocycles.